The van der Waals surface area contributed by atoms with E-state index in [1.165, 1.54) is 405 Å². The van der Waals surface area contributed by atoms with Crippen LogP contribution >= 0.6 is 7.82 Å². The molecule has 0 radical (unpaired) electrons. The van der Waals surface area contributed by atoms with E-state index in [4.69, 9.17) is 18.5 Å². The van der Waals surface area contributed by atoms with Crippen LogP contribution in [0.15, 0.2) is 0 Å². The minimum Gasteiger partial charge on any atom is -0.756 e. The first kappa shape index (κ1) is 92.0. The Hall–Kier alpha value is -0.990. The first-order valence-corrected chi connectivity index (χ1v) is 43.7. The largest absolute Gasteiger partial charge is 0.756 e. The summed E-state index contributed by atoms with van der Waals surface area (Å²) in [5.41, 5.74) is 0. The van der Waals surface area contributed by atoms with E-state index in [2.05, 4.69) is 13.8 Å². The van der Waals surface area contributed by atoms with Gasteiger partial charge in [0.05, 0.1) is 27.7 Å². The Kier molecular flexibility index (Phi) is 74.4. The number of likely N-dealkylation sites (N-methyl/N-ethyl adjacent to an activating group) is 1. The van der Waals surface area contributed by atoms with E-state index in [9.17, 15) is 19.0 Å². The Morgan fingerprint density at radius 3 is 0.688 bits per heavy atom. The van der Waals surface area contributed by atoms with Crippen molar-refractivity contribution >= 4 is 19.8 Å². The average Bonchev–Trinajstić information content (AvgIpc) is 2.27. The molecule has 0 aromatic heterocycles. The number of esters is 2. The minimum atomic E-state index is -4.64. The summed E-state index contributed by atoms with van der Waals surface area (Å²) in [4.78, 5) is 38.2. The zero-order chi connectivity index (χ0) is 67.6. The monoisotopic (exact) mass is 1340 g/mol. The predicted molar refractivity (Wildman–Crippen MR) is 402 cm³/mol. The van der Waals surface area contributed by atoms with Crippen LogP contribution in [0.4, 0.5) is 0 Å². The molecule has 0 rings (SSSR count). The number of phosphoric ester groups is 1. The van der Waals surface area contributed by atoms with Gasteiger partial charge in [0.25, 0.3) is 7.82 Å². The molecule has 0 N–H and O–H groups in total. The highest BCUT2D eigenvalue weighted by Gasteiger charge is 2.22. The normalized spacial score (nSPS) is 12.9. The third kappa shape index (κ3) is 79.9. The topological polar surface area (TPSA) is 111 Å². The van der Waals surface area contributed by atoms with Crippen molar-refractivity contribution in [1.29, 1.82) is 0 Å². The number of ether oxygens (including phenoxy) is 2. The van der Waals surface area contributed by atoms with Gasteiger partial charge in [-0.05, 0) is 12.8 Å². The summed E-state index contributed by atoms with van der Waals surface area (Å²) >= 11 is 0. The second-order valence-corrected chi connectivity index (χ2v) is 32.0. The molecule has 0 aliphatic heterocycles. The van der Waals surface area contributed by atoms with Gasteiger partial charge in [0.1, 0.15) is 19.8 Å². The van der Waals surface area contributed by atoms with Crippen LogP contribution in [0.1, 0.15) is 470 Å². The summed E-state index contributed by atoms with van der Waals surface area (Å²) < 4.78 is 34.5. The van der Waals surface area contributed by atoms with Crippen LogP contribution in [0.25, 0.3) is 0 Å². The second-order valence-electron chi connectivity index (χ2n) is 30.6. The summed E-state index contributed by atoms with van der Waals surface area (Å²) in [6.45, 7) is 4.36. The summed E-state index contributed by atoms with van der Waals surface area (Å²) in [6.07, 6.45) is 94.1. The molecule has 0 fully saturated rings. The summed E-state index contributed by atoms with van der Waals surface area (Å²) in [6, 6.07) is 0. The highest BCUT2D eigenvalue weighted by atomic mass is 31.2. The maximum absolute atomic E-state index is 12.9. The maximum Gasteiger partial charge on any atom is 0.306 e. The first-order valence-electron chi connectivity index (χ1n) is 42.2. The molecule has 0 saturated carbocycles. The summed E-state index contributed by atoms with van der Waals surface area (Å²) in [5.74, 6) is -0.799. The van der Waals surface area contributed by atoms with Crippen molar-refractivity contribution < 1.29 is 42.1 Å². The Morgan fingerprint density at radius 1 is 0.290 bits per heavy atom. The molecule has 556 valence electrons. The van der Waals surface area contributed by atoms with Gasteiger partial charge in [-0.15, -0.1) is 0 Å². The van der Waals surface area contributed by atoms with Crippen LogP contribution < -0.4 is 4.89 Å². The Labute approximate surface area is 582 Å². The lowest BCUT2D eigenvalue weighted by molar-refractivity contribution is -0.870. The van der Waals surface area contributed by atoms with Crippen molar-refractivity contribution in [2.24, 2.45) is 0 Å². The number of unbranched alkanes of at least 4 members (excludes halogenated alkanes) is 67. The molecule has 0 amide bonds. The quantitative estimate of drug-likeness (QED) is 0.0256. The molecule has 0 aromatic rings. The number of carbonyl (C=O) groups excluding carboxylic acids is 2. The van der Waals surface area contributed by atoms with Crippen molar-refractivity contribution in [3.05, 3.63) is 0 Å². The van der Waals surface area contributed by atoms with E-state index in [-0.39, 0.29) is 32.0 Å². The fourth-order valence-electron chi connectivity index (χ4n) is 13.4. The van der Waals surface area contributed by atoms with Crippen molar-refractivity contribution in [2.45, 2.75) is 476 Å². The highest BCUT2D eigenvalue weighted by molar-refractivity contribution is 7.45. The van der Waals surface area contributed by atoms with Gasteiger partial charge in [-0.3, -0.25) is 14.2 Å². The van der Waals surface area contributed by atoms with E-state index in [0.717, 1.165) is 32.1 Å². The molecule has 10 heteroatoms. The van der Waals surface area contributed by atoms with Gasteiger partial charge >= 0.3 is 11.9 Å². The van der Waals surface area contributed by atoms with E-state index >= 15 is 0 Å². The van der Waals surface area contributed by atoms with E-state index < -0.39 is 26.5 Å². The minimum absolute atomic E-state index is 0.0246. The van der Waals surface area contributed by atoms with Crippen LogP contribution in [-0.2, 0) is 32.7 Å². The molecule has 2 unspecified atom stereocenters. The van der Waals surface area contributed by atoms with E-state index in [1.54, 1.807) is 0 Å². The maximum atomic E-state index is 12.9. The average molecular weight is 1340 g/mol. The second kappa shape index (κ2) is 75.2. The van der Waals surface area contributed by atoms with Gasteiger partial charge in [0.2, 0.25) is 0 Å². The number of quaternary nitrogens is 1. The van der Waals surface area contributed by atoms with Crippen molar-refractivity contribution in [3.63, 3.8) is 0 Å². The van der Waals surface area contributed by atoms with Crippen LogP contribution in [-0.4, -0.2) is 70.0 Å². The zero-order valence-corrected chi connectivity index (χ0v) is 64.7. The molecule has 0 saturated heterocycles. The van der Waals surface area contributed by atoms with Gasteiger partial charge in [-0.1, -0.05) is 444 Å². The number of rotatable bonds is 81. The Morgan fingerprint density at radius 2 is 0.484 bits per heavy atom. The third-order valence-electron chi connectivity index (χ3n) is 19.9. The lowest BCUT2D eigenvalue weighted by atomic mass is 10.0. The molecule has 0 bridgehead atoms. The summed E-state index contributed by atoms with van der Waals surface area (Å²) in [7, 11) is 1.20. The predicted octanol–water partition coefficient (Wildman–Crippen LogP) is 27.4. The lowest BCUT2D eigenvalue weighted by Gasteiger charge is -2.28. The molecular weight excluding hydrogens is 1170 g/mol. The van der Waals surface area contributed by atoms with Gasteiger partial charge in [0.15, 0.2) is 6.10 Å². The molecular formula is C83H166NO8P. The number of hydrogen-bond donors (Lipinski definition) is 0. The SMILES string of the molecule is CCCCCCCCCCCCCCCCCCCCCCCCCCCCCCCCCCCCCCCC(=O)OC(COC(=O)CCCCCCCCCCCCCCCCCCCCCCCCCCCCCCCCCC)COP(=O)([O-])OCC[N+](C)(C)C. The fraction of sp³-hybridized carbons (Fsp3) is 0.976. The molecule has 0 aliphatic rings. The standard InChI is InChI=1S/C83H166NO8P/c1-6-8-10-12-14-16-18-20-22-24-26-28-30-32-34-36-38-40-41-42-43-44-46-48-50-52-54-56-58-60-62-64-66-68-70-72-74-76-83(86)92-81(80-91-93(87,88)90-78-77-84(3,4)5)79-89-82(85)75-73-71-69-67-65-63-61-59-57-55-53-51-49-47-45-39-37-35-33-31-29-27-25-23-21-19-17-15-13-11-9-7-2/h81H,6-80H2,1-5H3. The Balaban J connectivity index is 3.85. The molecule has 2 atom stereocenters. The van der Waals surface area contributed by atoms with Crippen molar-refractivity contribution in [2.75, 3.05) is 47.5 Å². The van der Waals surface area contributed by atoms with Gasteiger partial charge < -0.3 is 27.9 Å². The third-order valence-corrected chi connectivity index (χ3v) is 20.8. The van der Waals surface area contributed by atoms with Crippen LogP contribution in [0.2, 0.25) is 0 Å². The molecule has 93 heavy (non-hydrogen) atoms. The number of phosphoric acid groups is 1. The smallest absolute Gasteiger partial charge is 0.306 e. The number of carbonyl (C=O) groups is 2. The van der Waals surface area contributed by atoms with E-state index in [1.807, 2.05) is 21.1 Å². The van der Waals surface area contributed by atoms with E-state index in [0.29, 0.717) is 17.4 Å². The zero-order valence-electron chi connectivity index (χ0n) is 63.8. The molecule has 9 nitrogen and oxygen atoms in total. The summed E-state index contributed by atoms with van der Waals surface area (Å²) in [5, 5.41) is 0. The van der Waals surface area contributed by atoms with Gasteiger partial charge in [-0.2, -0.15) is 0 Å². The Bertz CT molecular complexity index is 1520. The van der Waals surface area contributed by atoms with Crippen molar-refractivity contribution in [3.8, 4) is 0 Å². The van der Waals surface area contributed by atoms with Gasteiger partial charge in [-0.25, -0.2) is 0 Å². The molecule has 0 heterocycles. The van der Waals surface area contributed by atoms with Crippen molar-refractivity contribution in [1.82, 2.24) is 0 Å². The molecule has 0 spiro atoms. The molecule has 0 aliphatic carbocycles. The van der Waals surface area contributed by atoms with Crippen LogP contribution in [0.3, 0.4) is 0 Å². The highest BCUT2D eigenvalue weighted by Crippen LogP contribution is 2.38. The van der Waals surface area contributed by atoms with Crippen LogP contribution in [0, 0.1) is 0 Å². The first-order chi connectivity index (χ1) is 45.5. The van der Waals surface area contributed by atoms with Gasteiger partial charge in [0, 0.05) is 12.8 Å². The van der Waals surface area contributed by atoms with Crippen LogP contribution in [0.5, 0.6) is 0 Å². The molecule has 0 aromatic carbocycles. The fourth-order valence-corrected chi connectivity index (χ4v) is 14.2. The number of nitrogens with zero attached hydrogens (tertiary/aromatic N) is 1. The lowest BCUT2D eigenvalue weighted by Crippen LogP contribution is -2.37. The number of hydrogen-bond acceptors (Lipinski definition) is 8.